The second kappa shape index (κ2) is 6.21. The Labute approximate surface area is 123 Å². The highest BCUT2D eigenvalue weighted by Gasteiger charge is 2.12. The van der Waals surface area contributed by atoms with Crippen molar-refractivity contribution >= 4 is 27.5 Å². The molecule has 1 heterocycles. The van der Waals surface area contributed by atoms with E-state index in [0.29, 0.717) is 4.47 Å². The van der Waals surface area contributed by atoms with Gasteiger partial charge in [-0.1, -0.05) is 23.7 Å². The van der Waals surface area contributed by atoms with Crippen molar-refractivity contribution in [2.45, 2.75) is 6.61 Å². The van der Waals surface area contributed by atoms with Crippen molar-refractivity contribution in [2.75, 3.05) is 7.11 Å². The highest BCUT2D eigenvalue weighted by atomic mass is 79.9. The number of benzene rings is 1. The van der Waals surface area contributed by atoms with Crippen molar-refractivity contribution in [3.8, 4) is 11.5 Å². The van der Waals surface area contributed by atoms with E-state index < -0.39 is 5.95 Å². The highest BCUT2D eigenvalue weighted by molar-refractivity contribution is 9.10. The molecule has 0 saturated carbocycles. The van der Waals surface area contributed by atoms with Crippen LogP contribution in [0.15, 0.2) is 34.8 Å². The van der Waals surface area contributed by atoms with Gasteiger partial charge in [0.05, 0.1) is 11.6 Å². The van der Waals surface area contributed by atoms with Gasteiger partial charge in [-0.3, -0.25) is 0 Å². The zero-order valence-electron chi connectivity index (χ0n) is 9.99. The van der Waals surface area contributed by atoms with Gasteiger partial charge < -0.3 is 9.47 Å². The van der Waals surface area contributed by atoms with Gasteiger partial charge in [-0.05, 0) is 39.7 Å². The Kier molecular flexibility index (Phi) is 4.61. The van der Waals surface area contributed by atoms with Gasteiger partial charge in [0.25, 0.3) is 5.95 Å². The molecule has 19 heavy (non-hydrogen) atoms. The predicted molar refractivity (Wildman–Crippen MR) is 74.2 cm³/mol. The van der Waals surface area contributed by atoms with Gasteiger partial charge in [-0.15, -0.1) is 0 Å². The molecule has 6 heteroatoms. The molecule has 3 nitrogen and oxygen atoms in total. The second-order valence-corrected chi connectivity index (χ2v) is 4.93. The minimum absolute atomic E-state index is 0.0419. The van der Waals surface area contributed by atoms with Crippen molar-refractivity contribution < 1.29 is 13.9 Å². The summed E-state index contributed by atoms with van der Waals surface area (Å²) in [4.78, 5) is 3.50. The van der Waals surface area contributed by atoms with E-state index in [9.17, 15) is 4.39 Å². The average Bonchev–Trinajstić information content (AvgIpc) is 2.38. The maximum Gasteiger partial charge on any atom is 0.257 e. The smallest absolute Gasteiger partial charge is 0.257 e. The fourth-order valence-electron chi connectivity index (χ4n) is 1.45. The van der Waals surface area contributed by atoms with Gasteiger partial charge in [0.2, 0.25) is 0 Å². The van der Waals surface area contributed by atoms with E-state index in [0.717, 1.165) is 11.3 Å². The SMILES string of the molecule is COc1ccc(COc2c(Br)cc(Cl)nc2F)cc1. The van der Waals surface area contributed by atoms with Gasteiger partial charge in [0, 0.05) is 0 Å². The normalized spacial score (nSPS) is 10.3. The lowest BCUT2D eigenvalue weighted by Gasteiger charge is -2.09. The quantitative estimate of drug-likeness (QED) is 0.777. The fourth-order valence-corrected chi connectivity index (χ4v) is 2.26. The van der Waals surface area contributed by atoms with Crippen LogP contribution in [0.25, 0.3) is 0 Å². The summed E-state index contributed by atoms with van der Waals surface area (Å²) in [6.07, 6.45) is 0. The van der Waals surface area contributed by atoms with Crippen molar-refractivity contribution in [1.29, 1.82) is 0 Å². The van der Waals surface area contributed by atoms with Gasteiger partial charge in [0.15, 0.2) is 5.75 Å². The Balaban J connectivity index is 2.10. The molecular weight excluding hydrogens is 337 g/mol. The van der Waals surface area contributed by atoms with Crippen LogP contribution < -0.4 is 9.47 Å². The van der Waals surface area contributed by atoms with Gasteiger partial charge in [0.1, 0.15) is 17.5 Å². The third kappa shape index (κ3) is 3.58. The van der Waals surface area contributed by atoms with Crippen LogP contribution in [0.1, 0.15) is 5.56 Å². The summed E-state index contributed by atoms with van der Waals surface area (Å²) in [6.45, 7) is 0.225. The summed E-state index contributed by atoms with van der Waals surface area (Å²) < 4.78 is 24.4. The molecule has 0 aliphatic carbocycles. The van der Waals surface area contributed by atoms with Crippen molar-refractivity contribution in [3.05, 3.63) is 51.5 Å². The first-order chi connectivity index (χ1) is 9.10. The Hall–Kier alpha value is -1.33. The molecule has 0 spiro atoms. The Bertz CT molecular complexity index is 554. The number of pyridine rings is 1. The van der Waals surface area contributed by atoms with Crippen LogP contribution in [0.3, 0.4) is 0 Å². The zero-order chi connectivity index (χ0) is 13.8. The van der Waals surface area contributed by atoms with Crippen LogP contribution in [0.4, 0.5) is 4.39 Å². The number of hydrogen-bond donors (Lipinski definition) is 0. The zero-order valence-corrected chi connectivity index (χ0v) is 12.3. The van der Waals surface area contributed by atoms with Crippen molar-refractivity contribution in [3.63, 3.8) is 0 Å². The molecule has 0 amide bonds. The number of halogens is 3. The third-order valence-electron chi connectivity index (χ3n) is 2.40. The van der Waals surface area contributed by atoms with Crippen LogP contribution in [0, 0.1) is 5.95 Å². The summed E-state index contributed by atoms with van der Waals surface area (Å²) >= 11 is 8.81. The summed E-state index contributed by atoms with van der Waals surface area (Å²) in [5.41, 5.74) is 0.891. The highest BCUT2D eigenvalue weighted by Crippen LogP contribution is 2.30. The number of aromatic nitrogens is 1. The molecule has 1 aromatic carbocycles. The first kappa shape index (κ1) is 14.1. The summed E-state index contributed by atoms with van der Waals surface area (Å²) in [5, 5.41) is 0.0705. The van der Waals surface area contributed by atoms with E-state index in [1.807, 2.05) is 24.3 Å². The number of hydrogen-bond acceptors (Lipinski definition) is 3. The molecule has 0 aliphatic rings. The average molecular weight is 347 g/mol. The fraction of sp³-hybridized carbons (Fsp3) is 0.154. The summed E-state index contributed by atoms with van der Waals surface area (Å²) in [5.74, 6) is 0.0531. The molecule has 0 unspecified atom stereocenters. The van der Waals surface area contributed by atoms with E-state index in [1.54, 1.807) is 7.11 Å². The first-order valence-corrected chi connectivity index (χ1v) is 6.54. The van der Waals surface area contributed by atoms with E-state index in [4.69, 9.17) is 21.1 Å². The van der Waals surface area contributed by atoms with E-state index >= 15 is 0 Å². The second-order valence-electron chi connectivity index (χ2n) is 3.68. The van der Waals surface area contributed by atoms with Crippen LogP contribution in [-0.2, 0) is 6.61 Å². The van der Waals surface area contributed by atoms with Crippen LogP contribution in [0.5, 0.6) is 11.5 Å². The molecule has 2 aromatic rings. The maximum absolute atomic E-state index is 13.6. The van der Waals surface area contributed by atoms with E-state index in [-0.39, 0.29) is 17.5 Å². The lowest BCUT2D eigenvalue weighted by molar-refractivity contribution is 0.283. The molecule has 2 rings (SSSR count). The van der Waals surface area contributed by atoms with Crippen molar-refractivity contribution in [2.24, 2.45) is 0 Å². The van der Waals surface area contributed by atoms with E-state index in [1.165, 1.54) is 6.07 Å². The topological polar surface area (TPSA) is 31.4 Å². The Morgan fingerprint density at radius 2 is 2.00 bits per heavy atom. The number of nitrogens with zero attached hydrogens (tertiary/aromatic N) is 1. The third-order valence-corrected chi connectivity index (χ3v) is 3.18. The van der Waals surface area contributed by atoms with Gasteiger partial charge in [-0.25, -0.2) is 4.98 Å². The largest absolute Gasteiger partial charge is 0.497 e. The van der Waals surface area contributed by atoms with Crippen LogP contribution in [0.2, 0.25) is 5.15 Å². The molecular formula is C13H10BrClFNO2. The molecule has 100 valence electrons. The molecule has 0 aliphatic heterocycles. The van der Waals surface area contributed by atoms with Crippen molar-refractivity contribution in [1.82, 2.24) is 4.98 Å². The Morgan fingerprint density at radius 1 is 1.32 bits per heavy atom. The number of rotatable bonds is 4. The summed E-state index contributed by atoms with van der Waals surface area (Å²) in [6, 6.07) is 8.78. The van der Waals surface area contributed by atoms with Gasteiger partial charge in [-0.2, -0.15) is 4.39 Å². The molecule has 0 bridgehead atoms. The van der Waals surface area contributed by atoms with Crippen LogP contribution >= 0.6 is 27.5 Å². The number of methoxy groups -OCH3 is 1. The standard InChI is InChI=1S/C13H10BrClFNO2/c1-18-9-4-2-8(3-5-9)7-19-12-10(14)6-11(15)17-13(12)16/h2-6H,7H2,1H3. The monoisotopic (exact) mass is 345 g/mol. The molecule has 0 saturated heterocycles. The molecule has 1 aromatic heterocycles. The molecule has 0 radical (unpaired) electrons. The molecule has 0 atom stereocenters. The summed E-state index contributed by atoms with van der Waals surface area (Å²) in [7, 11) is 1.59. The Morgan fingerprint density at radius 3 is 2.58 bits per heavy atom. The van der Waals surface area contributed by atoms with E-state index in [2.05, 4.69) is 20.9 Å². The minimum Gasteiger partial charge on any atom is -0.497 e. The lowest BCUT2D eigenvalue weighted by atomic mass is 10.2. The van der Waals surface area contributed by atoms with Gasteiger partial charge >= 0.3 is 0 Å². The lowest BCUT2D eigenvalue weighted by Crippen LogP contribution is -2.00. The van der Waals surface area contributed by atoms with Crippen LogP contribution in [-0.4, -0.2) is 12.1 Å². The number of ether oxygens (including phenoxy) is 2. The molecule has 0 N–H and O–H groups in total. The first-order valence-electron chi connectivity index (χ1n) is 5.37. The molecule has 0 fully saturated rings. The predicted octanol–water partition coefficient (Wildman–Crippen LogP) is 4.22. The minimum atomic E-state index is -0.743. The maximum atomic E-state index is 13.6.